The molecule has 1 aliphatic heterocycles. The number of hydrogen-bond donors (Lipinski definition) is 1. The van der Waals surface area contributed by atoms with E-state index in [1.165, 1.54) is 17.0 Å². The summed E-state index contributed by atoms with van der Waals surface area (Å²) in [4.78, 5) is 33.0. The minimum Gasteiger partial charge on any atom is -0.330 e. The maximum Gasteiger partial charge on any atom is 0.254 e. The van der Waals surface area contributed by atoms with Crippen molar-refractivity contribution in [1.82, 2.24) is 9.88 Å². The van der Waals surface area contributed by atoms with Gasteiger partial charge in [-0.1, -0.05) is 24.3 Å². The molecule has 0 saturated heterocycles. The molecule has 0 radical (unpaired) electrons. The molecule has 3 aromatic rings. The number of carbonyl (C=O) groups excluding carboxylic acids is 2. The lowest BCUT2D eigenvalue weighted by Gasteiger charge is -2.45. The Morgan fingerprint density at radius 2 is 1.94 bits per heavy atom. The van der Waals surface area contributed by atoms with Gasteiger partial charge in [0.2, 0.25) is 11.8 Å². The van der Waals surface area contributed by atoms with Crippen LogP contribution in [-0.2, 0) is 4.79 Å². The van der Waals surface area contributed by atoms with Crippen molar-refractivity contribution in [2.45, 2.75) is 30.7 Å². The van der Waals surface area contributed by atoms with Crippen molar-refractivity contribution in [2.24, 2.45) is 5.92 Å². The first-order chi connectivity index (χ1) is 17.3. The van der Waals surface area contributed by atoms with Gasteiger partial charge in [0.15, 0.2) is 0 Å². The van der Waals surface area contributed by atoms with E-state index in [4.69, 9.17) is 5.26 Å². The van der Waals surface area contributed by atoms with Crippen molar-refractivity contribution in [3.05, 3.63) is 95.1 Å². The number of rotatable bonds is 5. The first-order valence-electron chi connectivity index (χ1n) is 11.5. The second-order valence-corrected chi connectivity index (χ2v) is 9.18. The number of aromatic nitrogens is 1. The molecule has 1 N–H and O–H groups in total. The van der Waals surface area contributed by atoms with Crippen LogP contribution in [0.5, 0.6) is 0 Å². The molecule has 36 heavy (non-hydrogen) atoms. The van der Waals surface area contributed by atoms with E-state index in [0.717, 1.165) is 6.07 Å². The number of hydrogen-bond acceptors (Lipinski definition) is 4. The van der Waals surface area contributed by atoms with Gasteiger partial charge in [-0.3, -0.25) is 14.6 Å². The van der Waals surface area contributed by atoms with Crippen LogP contribution in [0.3, 0.4) is 0 Å². The van der Waals surface area contributed by atoms with Crippen LogP contribution >= 0.6 is 0 Å². The number of amides is 2. The number of nitriles is 1. The molecule has 5 rings (SSSR count). The molecule has 2 atom stereocenters. The third-order valence-electron chi connectivity index (χ3n) is 6.73. The third-order valence-corrected chi connectivity index (χ3v) is 6.73. The van der Waals surface area contributed by atoms with Crippen molar-refractivity contribution in [2.75, 3.05) is 11.9 Å². The maximum atomic E-state index is 13.8. The highest BCUT2D eigenvalue weighted by atomic mass is 19.3. The van der Waals surface area contributed by atoms with Gasteiger partial charge in [-0.2, -0.15) is 5.26 Å². The van der Waals surface area contributed by atoms with Gasteiger partial charge < -0.3 is 10.2 Å². The highest BCUT2D eigenvalue weighted by Crippen LogP contribution is 2.47. The van der Waals surface area contributed by atoms with E-state index in [1.54, 1.807) is 54.9 Å². The smallest absolute Gasteiger partial charge is 0.254 e. The molecule has 1 aromatic heterocycles. The number of fused-ring (bicyclic) bond motifs is 1. The van der Waals surface area contributed by atoms with Crippen LogP contribution < -0.4 is 5.32 Å². The number of pyridine rings is 1. The average Bonchev–Trinajstić information content (AvgIpc) is 2.86. The number of alkyl halides is 2. The zero-order valence-electron chi connectivity index (χ0n) is 19.0. The molecule has 2 heterocycles. The number of nitrogens with one attached hydrogen (secondary N) is 1. The summed E-state index contributed by atoms with van der Waals surface area (Å²) in [6.45, 7) is 0.0707. The molecule has 2 amide bonds. The normalized spacial score (nSPS) is 20.7. The Hall–Kier alpha value is -4.19. The van der Waals surface area contributed by atoms with Crippen LogP contribution in [0.1, 0.15) is 51.8 Å². The van der Waals surface area contributed by atoms with Gasteiger partial charge in [0.05, 0.1) is 17.5 Å². The molecular formula is C27H21F3N4O2. The summed E-state index contributed by atoms with van der Waals surface area (Å²) < 4.78 is 41.0. The molecule has 0 spiro atoms. The summed E-state index contributed by atoms with van der Waals surface area (Å²) in [5.41, 5.74) is 1.40. The molecule has 0 unspecified atom stereocenters. The van der Waals surface area contributed by atoms with Crippen molar-refractivity contribution < 1.29 is 22.8 Å². The predicted octanol–water partition coefficient (Wildman–Crippen LogP) is 5.06. The fourth-order valence-electron chi connectivity index (χ4n) is 5.10. The number of halogens is 3. The van der Waals surface area contributed by atoms with Gasteiger partial charge in [-0.05, 0) is 47.4 Å². The number of benzene rings is 2. The van der Waals surface area contributed by atoms with Gasteiger partial charge >= 0.3 is 0 Å². The zero-order chi connectivity index (χ0) is 25.4. The molecular weight excluding hydrogens is 469 g/mol. The Labute approximate surface area is 205 Å². The number of carbonyl (C=O) groups is 2. The van der Waals surface area contributed by atoms with Crippen molar-refractivity contribution in [3.63, 3.8) is 0 Å². The molecule has 2 aromatic carbocycles. The number of nitrogens with zero attached hydrogens (tertiary/aromatic N) is 3. The Balaban J connectivity index is 1.57. The van der Waals surface area contributed by atoms with Crippen LogP contribution in [-0.4, -0.2) is 34.2 Å². The highest BCUT2D eigenvalue weighted by Gasteiger charge is 2.50. The van der Waals surface area contributed by atoms with E-state index < -0.39 is 35.5 Å². The Morgan fingerprint density at radius 1 is 1.17 bits per heavy atom. The van der Waals surface area contributed by atoms with Crippen LogP contribution in [0.2, 0.25) is 0 Å². The Morgan fingerprint density at radius 3 is 2.64 bits per heavy atom. The molecule has 6 nitrogen and oxygen atoms in total. The minimum atomic E-state index is -2.75. The molecule has 0 bridgehead atoms. The third kappa shape index (κ3) is 4.31. The summed E-state index contributed by atoms with van der Waals surface area (Å²) in [7, 11) is 0. The van der Waals surface area contributed by atoms with Crippen molar-refractivity contribution in [3.8, 4) is 6.07 Å². The van der Waals surface area contributed by atoms with Gasteiger partial charge in [0, 0.05) is 43.0 Å². The Kier molecular flexibility index (Phi) is 5.96. The zero-order valence-corrected chi connectivity index (χ0v) is 19.0. The van der Waals surface area contributed by atoms with Gasteiger partial charge in [-0.15, -0.1) is 0 Å². The summed E-state index contributed by atoms with van der Waals surface area (Å²) in [5, 5.41) is 11.9. The maximum absolute atomic E-state index is 13.8. The average molecular weight is 490 g/mol. The fraction of sp³-hybridized carbons (Fsp3) is 0.259. The second kappa shape index (κ2) is 9.11. The first-order valence-corrected chi connectivity index (χ1v) is 11.5. The lowest BCUT2D eigenvalue weighted by molar-refractivity contribution is -0.123. The van der Waals surface area contributed by atoms with Crippen molar-refractivity contribution >= 4 is 17.5 Å². The standard InChI is InChI=1S/C27H21F3N4O2/c28-22-8-7-19(10-18(22)13-31)33-25(35)23-20-5-1-2-6-21(20)26(36)34(15-16-11-27(29,30)12-16)24(23)17-4-3-9-32-14-17/h1-10,14,16,23-24H,11-12,15H2,(H,33,35)/t23-,24+/m0/s1. The van der Waals surface area contributed by atoms with E-state index in [0.29, 0.717) is 16.7 Å². The van der Waals surface area contributed by atoms with Crippen LogP contribution in [0.4, 0.5) is 18.9 Å². The van der Waals surface area contributed by atoms with E-state index in [-0.39, 0.29) is 36.5 Å². The Bertz CT molecular complexity index is 1360. The first kappa shape index (κ1) is 23.5. The number of anilines is 1. The predicted molar refractivity (Wildman–Crippen MR) is 125 cm³/mol. The van der Waals surface area contributed by atoms with Gasteiger partial charge in [0.1, 0.15) is 11.9 Å². The SMILES string of the molecule is N#Cc1cc(NC(=O)[C@H]2c3ccccc3C(=O)N(CC3CC(F)(F)C3)[C@@H]2c2cccnc2)ccc1F. The van der Waals surface area contributed by atoms with Gasteiger partial charge in [-0.25, -0.2) is 13.2 Å². The van der Waals surface area contributed by atoms with E-state index >= 15 is 0 Å². The molecule has 1 saturated carbocycles. The summed E-state index contributed by atoms with van der Waals surface area (Å²) >= 11 is 0. The topological polar surface area (TPSA) is 86.1 Å². The monoisotopic (exact) mass is 490 g/mol. The fourth-order valence-corrected chi connectivity index (χ4v) is 5.10. The molecule has 1 aliphatic carbocycles. The highest BCUT2D eigenvalue weighted by molar-refractivity contribution is 6.04. The van der Waals surface area contributed by atoms with E-state index in [9.17, 15) is 22.8 Å². The van der Waals surface area contributed by atoms with Crippen LogP contribution in [0, 0.1) is 23.1 Å². The summed E-state index contributed by atoms with van der Waals surface area (Å²) in [5.74, 6) is -5.58. The molecule has 182 valence electrons. The minimum absolute atomic E-state index is 0.0707. The second-order valence-electron chi connectivity index (χ2n) is 9.18. The van der Waals surface area contributed by atoms with Crippen LogP contribution in [0.15, 0.2) is 67.0 Å². The molecule has 2 aliphatic rings. The molecule has 9 heteroatoms. The lowest BCUT2D eigenvalue weighted by atomic mass is 9.76. The largest absolute Gasteiger partial charge is 0.330 e. The van der Waals surface area contributed by atoms with E-state index in [1.807, 2.05) is 0 Å². The van der Waals surface area contributed by atoms with E-state index in [2.05, 4.69) is 10.3 Å². The van der Waals surface area contributed by atoms with Crippen molar-refractivity contribution in [1.29, 1.82) is 5.26 Å². The molecule has 1 fully saturated rings. The summed E-state index contributed by atoms with van der Waals surface area (Å²) in [6, 6.07) is 14.8. The summed E-state index contributed by atoms with van der Waals surface area (Å²) in [6.07, 6.45) is 2.49. The van der Waals surface area contributed by atoms with Gasteiger partial charge in [0.25, 0.3) is 5.91 Å². The quantitative estimate of drug-likeness (QED) is 0.542. The lowest BCUT2D eigenvalue weighted by Crippen LogP contribution is -2.50. The van der Waals surface area contributed by atoms with Crippen LogP contribution in [0.25, 0.3) is 0 Å².